The van der Waals surface area contributed by atoms with Crippen molar-refractivity contribution in [3.05, 3.63) is 12.2 Å². The molecule has 1 unspecified atom stereocenters. The van der Waals surface area contributed by atoms with E-state index in [0.29, 0.717) is 12.8 Å². The summed E-state index contributed by atoms with van der Waals surface area (Å²) in [5.41, 5.74) is 0. The fourth-order valence-corrected chi connectivity index (χ4v) is 3.84. The maximum Gasteiger partial charge on any atom is 0.305 e. The Labute approximate surface area is 158 Å². The highest BCUT2D eigenvalue weighted by molar-refractivity contribution is 5.68. The fraction of sp³-hybridized carbons (Fsp3) is 0.857. The third-order valence-corrected chi connectivity index (χ3v) is 5.47. The number of aliphatic hydroxyl groups is 3. The van der Waals surface area contributed by atoms with Crippen molar-refractivity contribution < 1.29 is 24.9 Å². The zero-order valence-electron chi connectivity index (χ0n) is 16.5. The molecule has 0 bridgehead atoms. The Bertz CT molecular complexity index is 409. The van der Waals surface area contributed by atoms with E-state index in [0.717, 1.165) is 57.8 Å². The van der Waals surface area contributed by atoms with E-state index in [2.05, 4.69) is 11.7 Å². The van der Waals surface area contributed by atoms with Crippen molar-refractivity contribution in [2.45, 2.75) is 95.9 Å². The molecule has 1 rings (SSSR count). The third-order valence-electron chi connectivity index (χ3n) is 5.47. The number of methoxy groups -OCH3 is 1. The maximum absolute atomic E-state index is 11.1. The molecule has 5 atom stereocenters. The van der Waals surface area contributed by atoms with Gasteiger partial charge in [0.1, 0.15) is 0 Å². The summed E-state index contributed by atoms with van der Waals surface area (Å²) >= 11 is 0. The Morgan fingerprint density at radius 2 is 1.85 bits per heavy atom. The Morgan fingerprint density at radius 1 is 1.12 bits per heavy atom. The number of carbonyl (C=O) groups excluding carboxylic acids is 1. The molecule has 1 aliphatic carbocycles. The number of rotatable bonds is 13. The summed E-state index contributed by atoms with van der Waals surface area (Å²) < 4.78 is 4.63. The average Bonchev–Trinajstić information content (AvgIpc) is 2.89. The van der Waals surface area contributed by atoms with Crippen LogP contribution >= 0.6 is 0 Å². The number of esters is 1. The van der Waals surface area contributed by atoms with Crippen LogP contribution in [0.5, 0.6) is 0 Å². The Balaban J connectivity index is 2.35. The van der Waals surface area contributed by atoms with Crippen LogP contribution in [0.4, 0.5) is 0 Å². The van der Waals surface area contributed by atoms with Crippen molar-refractivity contribution >= 4 is 5.97 Å². The molecular formula is C21H38O5. The van der Waals surface area contributed by atoms with Gasteiger partial charge < -0.3 is 20.1 Å². The lowest BCUT2D eigenvalue weighted by molar-refractivity contribution is -0.140. The van der Waals surface area contributed by atoms with Crippen LogP contribution in [-0.4, -0.2) is 46.7 Å². The maximum atomic E-state index is 11.1. The van der Waals surface area contributed by atoms with Crippen LogP contribution in [-0.2, 0) is 9.53 Å². The summed E-state index contributed by atoms with van der Waals surface area (Å²) in [4.78, 5) is 11.1. The predicted octanol–water partition coefficient (Wildman–Crippen LogP) is 3.36. The van der Waals surface area contributed by atoms with Crippen LogP contribution in [0.25, 0.3) is 0 Å². The molecule has 1 saturated carbocycles. The van der Waals surface area contributed by atoms with Crippen LogP contribution in [0, 0.1) is 11.8 Å². The van der Waals surface area contributed by atoms with Gasteiger partial charge in [-0.25, -0.2) is 0 Å². The zero-order chi connectivity index (χ0) is 19.4. The van der Waals surface area contributed by atoms with Crippen molar-refractivity contribution in [3.63, 3.8) is 0 Å². The Hall–Kier alpha value is -0.910. The van der Waals surface area contributed by atoms with Crippen LogP contribution < -0.4 is 0 Å². The first-order chi connectivity index (χ1) is 12.5. The number of unbranched alkanes of at least 4 members (excludes halogenated alkanes) is 5. The van der Waals surface area contributed by atoms with Gasteiger partial charge in [0.15, 0.2) is 0 Å². The van der Waals surface area contributed by atoms with Crippen LogP contribution in [0.2, 0.25) is 0 Å². The van der Waals surface area contributed by atoms with Gasteiger partial charge in [0.05, 0.1) is 25.4 Å². The highest BCUT2D eigenvalue weighted by Crippen LogP contribution is 2.37. The van der Waals surface area contributed by atoms with Crippen molar-refractivity contribution in [1.29, 1.82) is 0 Å². The smallest absolute Gasteiger partial charge is 0.305 e. The van der Waals surface area contributed by atoms with E-state index in [1.165, 1.54) is 7.11 Å². The number of hydrogen-bond acceptors (Lipinski definition) is 5. The quantitative estimate of drug-likeness (QED) is 0.263. The van der Waals surface area contributed by atoms with E-state index < -0.39 is 18.3 Å². The summed E-state index contributed by atoms with van der Waals surface area (Å²) in [5, 5.41) is 30.5. The minimum Gasteiger partial charge on any atom is -0.469 e. The second-order valence-corrected chi connectivity index (χ2v) is 7.59. The van der Waals surface area contributed by atoms with Crippen LogP contribution in [0.15, 0.2) is 12.2 Å². The molecule has 0 amide bonds. The second kappa shape index (κ2) is 13.3. The van der Waals surface area contributed by atoms with E-state index in [1.54, 1.807) is 6.08 Å². The van der Waals surface area contributed by atoms with E-state index in [-0.39, 0.29) is 17.8 Å². The predicted molar refractivity (Wildman–Crippen MR) is 103 cm³/mol. The molecule has 0 aromatic carbocycles. The molecule has 1 aliphatic rings. The molecule has 0 saturated heterocycles. The van der Waals surface area contributed by atoms with Crippen LogP contribution in [0.3, 0.4) is 0 Å². The SMILES string of the molecule is CCCCC[C@H](O)/C=C/[C@@H]1C(CCCCCCC(=O)OC)[C@@H](O)C[C@H]1O. The lowest BCUT2D eigenvalue weighted by Gasteiger charge is -2.21. The molecule has 1 fully saturated rings. The van der Waals surface area contributed by atoms with Gasteiger partial charge in [0.2, 0.25) is 0 Å². The monoisotopic (exact) mass is 370 g/mol. The number of carbonyl (C=O) groups is 1. The minimum atomic E-state index is -0.534. The van der Waals surface area contributed by atoms with E-state index in [4.69, 9.17) is 0 Å². The Kier molecular flexibility index (Phi) is 11.8. The summed E-state index contributed by atoms with van der Waals surface area (Å²) in [6.45, 7) is 2.14. The number of aliphatic hydroxyl groups excluding tert-OH is 3. The minimum absolute atomic E-state index is 0.0460. The van der Waals surface area contributed by atoms with Crippen molar-refractivity contribution in [2.24, 2.45) is 11.8 Å². The molecule has 3 N–H and O–H groups in total. The summed E-state index contributed by atoms with van der Waals surface area (Å²) in [5.74, 6) is -0.201. The highest BCUT2D eigenvalue weighted by atomic mass is 16.5. The van der Waals surface area contributed by atoms with Crippen molar-refractivity contribution in [2.75, 3.05) is 7.11 Å². The number of ether oxygens (including phenoxy) is 1. The second-order valence-electron chi connectivity index (χ2n) is 7.59. The molecule has 0 heterocycles. The summed E-state index contributed by atoms with van der Waals surface area (Å²) in [7, 11) is 1.41. The molecule has 26 heavy (non-hydrogen) atoms. The topological polar surface area (TPSA) is 87.0 Å². The van der Waals surface area contributed by atoms with Gasteiger partial charge in [0.25, 0.3) is 0 Å². The van der Waals surface area contributed by atoms with Gasteiger partial charge >= 0.3 is 5.97 Å². The molecule has 152 valence electrons. The third kappa shape index (κ3) is 8.65. The average molecular weight is 371 g/mol. The normalized spacial score (nSPS) is 27.1. The summed E-state index contributed by atoms with van der Waals surface area (Å²) in [6, 6.07) is 0. The van der Waals surface area contributed by atoms with Gasteiger partial charge in [-0.2, -0.15) is 0 Å². The molecule has 0 spiro atoms. The standard InChI is InChI=1S/C21H38O5/c1-3-4-7-10-16(22)13-14-18-17(19(23)15-20(18)24)11-8-5-6-9-12-21(25)26-2/h13-14,16-20,22-24H,3-12,15H2,1-2H3/b14-13+/t16-,17?,18+,19-,20+/m0/s1. The van der Waals surface area contributed by atoms with Gasteiger partial charge in [0, 0.05) is 18.8 Å². The molecule has 0 aromatic rings. The highest BCUT2D eigenvalue weighted by Gasteiger charge is 2.39. The first kappa shape index (κ1) is 23.1. The van der Waals surface area contributed by atoms with Gasteiger partial charge in [-0.15, -0.1) is 0 Å². The van der Waals surface area contributed by atoms with Gasteiger partial charge in [-0.1, -0.05) is 57.6 Å². The molecular weight excluding hydrogens is 332 g/mol. The summed E-state index contributed by atoms with van der Waals surface area (Å²) in [6.07, 6.45) is 11.7. The lowest BCUT2D eigenvalue weighted by atomic mass is 9.88. The van der Waals surface area contributed by atoms with Crippen molar-refractivity contribution in [3.8, 4) is 0 Å². The van der Waals surface area contributed by atoms with Crippen LogP contribution in [0.1, 0.15) is 77.6 Å². The van der Waals surface area contributed by atoms with E-state index in [9.17, 15) is 20.1 Å². The molecule has 0 radical (unpaired) electrons. The molecule has 0 aromatic heterocycles. The van der Waals surface area contributed by atoms with E-state index >= 15 is 0 Å². The molecule has 0 aliphatic heterocycles. The first-order valence-electron chi connectivity index (χ1n) is 10.3. The number of hydrogen-bond donors (Lipinski definition) is 3. The van der Waals surface area contributed by atoms with Gasteiger partial charge in [-0.05, 0) is 25.2 Å². The fourth-order valence-electron chi connectivity index (χ4n) is 3.84. The van der Waals surface area contributed by atoms with Crippen molar-refractivity contribution in [1.82, 2.24) is 0 Å². The molecule has 5 nitrogen and oxygen atoms in total. The molecule has 5 heteroatoms. The van der Waals surface area contributed by atoms with E-state index in [1.807, 2.05) is 6.08 Å². The van der Waals surface area contributed by atoms with Gasteiger partial charge in [-0.3, -0.25) is 4.79 Å². The first-order valence-corrected chi connectivity index (χ1v) is 10.3. The Morgan fingerprint density at radius 3 is 2.54 bits per heavy atom. The largest absolute Gasteiger partial charge is 0.469 e. The lowest BCUT2D eigenvalue weighted by Crippen LogP contribution is -2.21. The zero-order valence-corrected chi connectivity index (χ0v) is 16.5.